The second kappa shape index (κ2) is 5.29. The van der Waals surface area contributed by atoms with Crippen LogP contribution in [0.2, 0.25) is 0 Å². The number of hydrogen-bond acceptors (Lipinski definition) is 1. The molecule has 0 saturated heterocycles. The van der Waals surface area contributed by atoms with E-state index in [0.29, 0.717) is 6.04 Å². The standard InChI is InChI=1S/C20H24NO/c1-14(16-10-12-17(22-5)13-11-16)20-15(2)21(3,4)19-9-7-6-8-18(19)20/h6-8,10-13,19H,1,9H2,2-5H3/q+1. The lowest BCUT2D eigenvalue weighted by molar-refractivity contribution is -0.867. The van der Waals surface area contributed by atoms with Crippen molar-refractivity contribution in [3.8, 4) is 5.75 Å². The van der Waals surface area contributed by atoms with Gasteiger partial charge in [-0.25, -0.2) is 0 Å². The zero-order chi connectivity index (χ0) is 15.9. The van der Waals surface area contributed by atoms with Crippen molar-refractivity contribution in [3.63, 3.8) is 0 Å². The van der Waals surface area contributed by atoms with E-state index in [-0.39, 0.29) is 0 Å². The Morgan fingerprint density at radius 1 is 1.23 bits per heavy atom. The van der Waals surface area contributed by atoms with Gasteiger partial charge < -0.3 is 4.74 Å². The molecule has 2 nitrogen and oxygen atoms in total. The van der Waals surface area contributed by atoms with Crippen LogP contribution in [0.3, 0.4) is 0 Å². The van der Waals surface area contributed by atoms with E-state index in [4.69, 9.17) is 4.74 Å². The van der Waals surface area contributed by atoms with Gasteiger partial charge in [-0.3, -0.25) is 4.48 Å². The van der Waals surface area contributed by atoms with E-state index in [9.17, 15) is 0 Å². The molecular weight excluding hydrogens is 270 g/mol. The van der Waals surface area contributed by atoms with Gasteiger partial charge in [-0.1, -0.05) is 36.9 Å². The molecule has 2 aliphatic rings. The van der Waals surface area contributed by atoms with Crippen LogP contribution in [0.1, 0.15) is 18.9 Å². The zero-order valence-corrected chi connectivity index (χ0v) is 13.9. The molecule has 1 unspecified atom stereocenters. The first-order chi connectivity index (χ1) is 10.5. The minimum absolute atomic E-state index is 0.509. The number of likely N-dealkylation sites (N-methyl/N-ethyl adjacent to an activating group) is 1. The second-order valence-electron chi connectivity index (χ2n) is 6.51. The van der Waals surface area contributed by atoms with Crippen molar-refractivity contribution in [1.82, 2.24) is 0 Å². The van der Waals surface area contributed by atoms with Gasteiger partial charge in [-0.05, 0) is 23.3 Å². The molecule has 1 atom stereocenters. The summed E-state index contributed by atoms with van der Waals surface area (Å²) in [4.78, 5) is 0. The average Bonchev–Trinajstić information content (AvgIpc) is 2.74. The first-order valence-corrected chi connectivity index (χ1v) is 7.72. The van der Waals surface area contributed by atoms with E-state index < -0.39 is 0 Å². The number of methoxy groups -OCH3 is 1. The molecule has 1 aliphatic carbocycles. The number of allylic oxidation sites excluding steroid dienone is 4. The third-order valence-corrected chi connectivity index (χ3v) is 5.16. The SMILES string of the molecule is C=C(C1=C(C)[N+](C)(C)C2CC=CC=C12)c1ccc(OC)cc1. The van der Waals surface area contributed by atoms with Crippen LogP contribution in [-0.2, 0) is 0 Å². The van der Waals surface area contributed by atoms with Crippen LogP contribution < -0.4 is 4.74 Å². The number of hydrogen-bond donors (Lipinski definition) is 0. The topological polar surface area (TPSA) is 9.23 Å². The van der Waals surface area contributed by atoms with Crippen molar-refractivity contribution in [1.29, 1.82) is 0 Å². The maximum atomic E-state index is 5.25. The predicted molar refractivity (Wildman–Crippen MR) is 92.5 cm³/mol. The fourth-order valence-electron chi connectivity index (χ4n) is 3.54. The Morgan fingerprint density at radius 3 is 2.55 bits per heavy atom. The highest BCUT2D eigenvalue weighted by atomic mass is 16.5. The Hall–Kier alpha value is -2.06. The minimum atomic E-state index is 0.509. The van der Waals surface area contributed by atoms with Crippen LogP contribution in [0.25, 0.3) is 5.57 Å². The zero-order valence-electron chi connectivity index (χ0n) is 13.9. The highest BCUT2D eigenvalue weighted by Gasteiger charge is 2.44. The van der Waals surface area contributed by atoms with Crippen molar-refractivity contribution in [3.05, 3.63) is 71.5 Å². The summed E-state index contributed by atoms with van der Waals surface area (Å²) in [7, 11) is 6.28. The molecule has 1 aromatic rings. The molecule has 1 aliphatic heterocycles. The summed E-state index contributed by atoms with van der Waals surface area (Å²) in [5.74, 6) is 0.877. The summed E-state index contributed by atoms with van der Waals surface area (Å²) in [5, 5.41) is 0. The van der Waals surface area contributed by atoms with Crippen molar-refractivity contribution >= 4 is 5.57 Å². The van der Waals surface area contributed by atoms with Crippen LogP contribution >= 0.6 is 0 Å². The molecule has 0 bridgehead atoms. The van der Waals surface area contributed by atoms with Gasteiger partial charge in [0.1, 0.15) is 17.5 Å². The van der Waals surface area contributed by atoms with Gasteiger partial charge in [-0.2, -0.15) is 0 Å². The lowest BCUT2D eigenvalue weighted by atomic mass is 9.88. The second-order valence-corrected chi connectivity index (χ2v) is 6.51. The summed E-state index contributed by atoms with van der Waals surface area (Å²) in [6, 6.07) is 8.69. The summed E-state index contributed by atoms with van der Waals surface area (Å²) >= 11 is 0. The molecule has 0 fully saturated rings. The molecule has 0 N–H and O–H groups in total. The first kappa shape index (κ1) is 14.9. The van der Waals surface area contributed by atoms with E-state index in [1.54, 1.807) is 7.11 Å². The Balaban J connectivity index is 2.04. The summed E-state index contributed by atoms with van der Waals surface area (Å²) < 4.78 is 6.17. The van der Waals surface area contributed by atoms with Gasteiger partial charge in [0, 0.05) is 24.5 Å². The number of ether oxygens (including phenoxy) is 1. The Kier molecular flexibility index (Phi) is 3.57. The summed E-state index contributed by atoms with van der Waals surface area (Å²) in [6.07, 6.45) is 7.79. The average molecular weight is 294 g/mol. The van der Waals surface area contributed by atoms with Crippen LogP contribution in [-0.4, -0.2) is 31.7 Å². The van der Waals surface area contributed by atoms with E-state index in [0.717, 1.165) is 27.8 Å². The molecule has 0 aromatic heterocycles. The highest BCUT2D eigenvalue weighted by molar-refractivity contribution is 5.84. The minimum Gasteiger partial charge on any atom is -0.497 e. The maximum absolute atomic E-state index is 5.25. The molecule has 0 spiro atoms. The molecule has 0 radical (unpaired) electrons. The normalized spacial score (nSPS) is 22.4. The number of quaternary nitrogens is 1. The number of benzene rings is 1. The lowest BCUT2D eigenvalue weighted by Crippen LogP contribution is -2.44. The van der Waals surface area contributed by atoms with Crippen LogP contribution in [0, 0.1) is 0 Å². The fourth-order valence-corrected chi connectivity index (χ4v) is 3.54. The van der Waals surface area contributed by atoms with Gasteiger partial charge in [0.25, 0.3) is 0 Å². The van der Waals surface area contributed by atoms with Crippen molar-refractivity contribution < 1.29 is 9.22 Å². The Morgan fingerprint density at radius 2 is 1.91 bits per heavy atom. The van der Waals surface area contributed by atoms with Crippen LogP contribution in [0.4, 0.5) is 0 Å². The van der Waals surface area contributed by atoms with E-state index in [1.807, 2.05) is 12.1 Å². The van der Waals surface area contributed by atoms with Crippen molar-refractivity contribution in [2.45, 2.75) is 19.4 Å². The fraction of sp³-hybridized carbons (Fsp3) is 0.300. The third-order valence-electron chi connectivity index (χ3n) is 5.16. The predicted octanol–water partition coefficient (Wildman–Crippen LogP) is 4.33. The largest absolute Gasteiger partial charge is 0.497 e. The number of rotatable bonds is 3. The van der Waals surface area contributed by atoms with Crippen molar-refractivity contribution in [2.24, 2.45) is 0 Å². The molecule has 1 heterocycles. The lowest BCUT2D eigenvalue weighted by Gasteiger charge is -2.33. The summed E-state index contributed by atoms with van der Waals surface area (Å²) in [5.41, 5.74) is 6.40. The van der Waals surface area contributed by atoms with E-state index in [1.165, 1.54) is 16.8 Å². The number of nitrogens with zero attached hydrogens (tertiary/aromatic N) is 1. The molecule has 22 heavy (non-hydrogen) atoms. The first-order valence-electron chi connectivity index (χ1n) is 7.72. The van der Waals surface area contributed by atoms with E-state index >= 15 is 0 Å². The number of fused-ring (bicyclic) bond motifs is 1. The van der Waals surface area contributed by atoms with Gasteiger partial charge in [0.05, 0.1) is 21.2 Å². The molecule has 2 heteroatoms. The van der Waals surface area contributed by atoms with Gasteiger partial charge >= 0.3 is 0 Å². The third kappa shape index (κ3) is 2.15. The molecule has 0 saturated carbocycles. The van der Waals surface area contributed by atoms with Crippen LogP contribution in [0.15, 0.2) is 65.9 Å². The molecule has 3 rings (SSSR count). The molecular formula is C20H24NO+. The van der Waals surface area contributed by atoms with E-state index in [2.05, 4.69) is 58.0 Å². The monoisotopic (exact) mass is 294 g/mol. The van der Waals surface area contributed by atoms with Gasteiger partial charge in [0.15, 0.2) is 0 Å². The molecule has 0 amide bonds. The quantitative estimate of drug-likeness (QED) is 0.754. The Bertz CT molecular complexity index is 702. The van der Waals surface area contributed by atoms with Gasteiger partial charge in [-0.15, -0.1) is 0 Å². The maximum Gasteiger partial charge on any atom is 0.123 e. The molecule has 1 aromatic carbocycles. The summed E-state index contributed by atoms with van der Waals surface area (Å²) in [6.45, 7) is 6.64. The van der Waals surface area contributed by atoms with Crippen molar-refractivity contribution in [2.75, 3.05) is 21.2 Å². The smallest absolute Gasteiger partial charge is 0.123 e. The van der Waals surface area contributed by atoms with Crippen LogP contribution in [0.5, 0.6) is 5.75 Å². The van der Waals surface area contributed by atoms with Gasteiger partial charge in [0.2, 0.25) is 0 Å². The highest BCUT2D eigenvalue weighted by Crippen LogP contribution is 2.45. The molecule has 114 valence electrons. The Labute approximate surface area is 133 Å².